The molecule has 70 valence electrons. The van der Waals surface area contributed by atoms with E-state index in [1.807, 2.05) is 6.92 Å². The Labute approximate surface area is 75.5 Å². The molecular weight excluding hydrogens is 148 g/mol. The summed E-state index contributed by atoms with van der Waals surface area (Å²) in [5.74, 6) is 0.549. The van der Waals surface area contributed by atoms with Gasteiger partial charge >= 0.3 is 0 Å². The number of aliphatic hydroxyl groups is 1. The van der Waals surface area contributed by atoms with Gasteiger partial charge in [-0.1, -0.05) is 25.8 Å². The zero-order chi connectivity index (χ0) is 8.97. The molecule has 0 bridgehead atoms. The minimum atomic E-state index is -0.160. The summed E-state index contributed by atoms with van der Waals surface area (Å²) in [5.41, 5.74) is 1.17. The number of rotatable bonds is 3. The average molecular weight is 168 g/mol. The molecule has 1 N–H and O–H groups in total. The van der Waals surface area contributed by atoms with Gasteiger partial charge in [-0.25, -0.2) is 0 Å². The van der Waals surface area contributed by atoms with Crippen molar-refractivity contribution >= 4 is 0 Å². The van der Waals surface area contributed by atoms with Gasteiger partial charge in [0.1, 0.15) is 0 Å². The van der Waals surface area contributed by atoms with Gasteiger partial charge in [0.25, 0.3) is 0 Å². The number of aliphatic hydroxyl groups excluding tert-OH is 1. The molecule has 0 saturated heterocycles. The maximum atomic E-state index is 9.88. The lowest BCUT2D eigenvalue weighted by atomic mass is 9.95. The second-order valence-electron chi connectivity index (χ2n) is 3.85. The molecule has 0 amide bonds. The molecule has 0 aromatic heterocycles. The normalized spacial score (nSPS) is 23.1. The van der Waals surface area contributed by atoms with Crippen LogP contribution in [0.15, 0.2) is 11.6 Å². The molecule has 1 unspecified atom stereocenters. The van der Waals surface area contributed by atoms with E-state index in [-0.39, 0.29) is 6.10 Å². The zero-order valence-corrected chi connectivity index (χ0v) is 8.21. The Morgan fingerprint density at radius 2 is 2.08 bits per heavy atom. The highest BCUT2D eigenvalue weighted by Gasteiger charge is 2.23. The lowest BCUT2D eigenvalue weighted by Crippen LogP contribution is -2.18. The van der Waals surface area contributed by atoms with E-state index < -0.39 is 0 Å². The highest BCUT2D eigenvalue weighted by molar-refractivity contribution is 5.06. The van der Waals surface area contributed by atoms with Crippen molar-refractivity contribution in [1.29, 1.82) is 0 Å². The highest BCUT2D eigenvalue weighted by atomic mass is 16.3. The summed E-state index contributed by atoms with van der Waals surface area (Å²) in [6.07, 6.45) is 8.07. The molecule has 1 aliphatic rings. The minimum Gasteiger partial charge on any atom is -0.388 e. The molecule has 1 rings (SSSR count). The van der Waals surface area contributed by atoms with E-state index in [1.165, 1.54) is 31.3 Å². The Hall–Kier alpha value is -0.300. The van der Waals surface area contributed by atoms with Gasteiger partial charge in [0, 0.05) is 0 Å². The predicted molar refractivity (Wildman–Crippen MR) is 52.0 cm³/mol. The van der Waals surface area contributed by atoms with Crippen molar-refractivity contribution in [3.05, 3.63) is 11.6 Å². The van der Waals surface area contributed by atoms with Crippen LogP contribution in [-0.2, 0) is 0 Å². The van der Waals surface area contributed by atoms with Gasteiger partial charge in [0.2, 0.25) is 0 Å². The maximum Gasteiger partial charge on any atom is 0.0775 e. The molecular formula is C11H20O. The van der Waals surface area contributed by atoms with Crippen LogP contribution in [0.5, 0.6) is 0 Å². The number of hydrogen-bond donors (Lipinski definition) is 1. The molecule has 0 radical (unpaired) electrons. The summed E-state index contributed by atoms with van der Waals surface area (Å²) in [6, 6.07) is 0. The van der Waals surface area contributed by atoms with E-state index in [0.717, 1.165) is 6.42 Å². The number of hydrogen-bond acceptors (Lipinski definition) is 1. The molecule has 0 aromatic rings. The molecule has 1 atom stereocenters. The summed E-state index contributed by atoms with van der Waals surface area (Å²) >= 11 is 0. The van der Waals surface area contributed by atoms with Crippen molar-refractivity contribution in [3.8, 4) is 0 Å². The first-order valence-electron chi connectivity index (χ1n) is 5.10. The topological polar surface area (TPSA) is 20.2 Å². The van der Waals surface area contributed by atoms with Crippen LogP contribution < -0.4 is 0 Å². The first-order chi connectivity index (χ1) is 5.75. The van der Waals surface area contributed by atoms with Gasteiger partial charge < -0.3 is 5.11 Å². The van der Waals surface area contributed by atoms with Crippen LogP contribution in [0.25, 0.3) is 0 Å². The molecule has 0 heterocycles. The van der Waals surface area contributed by atoms with Gasteiger partial charge in [-0.05, 0) is 37.7 Å². The van der Waals surface area contributed by atoms with Crippen LogP contribution >= 0.6 is 0 Å². The molecule has 1 nitrogen and oxygen atoms in total. The van der Waals surface area contributed by atoms with Crippen molar-refractivity contribution in [3.63, 3.8) is 0 Å². The van der Waals surface area contributed by atoms with Crippen molar-refractivity contribution in [2.24, 2.45) is 5.92 Å². The summed E-state index contributed by atoms with van der Waals surface area (Å²) in [7, 11) is 0. The second kappa shape index (κ2) is 4.66. The first-order valence-corrected chi connectivity index (χ1v) is 5.10. The Morgan fingerprint density at radius 1 is 1.50 bits per heavy atom. The van der Waals surface area contributed by atoms with Gasteiger partial charge in [-0.3, -0.25) is 0 Å². The van der Waals surface area contributed by atoms with Crippen LogP contribution in [0.1, 0.15) is 46.0 Å². The fourth-order valence-corrected chi connectivity index (χ4v) is 2.09. The van der Waals surface area contributed by atoms with Crippen LogP contribution in [0.3, 0.4) is 0 Å². The van der Waals surface area contributed by atoms with E-state index in [2.05, 4.69) is 13.0 Å². The second-order valence-corrected chi connectivity index (χ2v) is 3.85. The average Bonchev–Trinajstić information content (AvgIpc) is 2.55. The van der Waals surface area contributed by atoms with Crippen molar-refractivity contribution in [2.45, 2.75) is 52.1 Å². The smallest absolute Gasteiger partial charge is 0.0775 e. The van der Waals surface area contributed by atoms with Crippen molar-refractivity contribution in [2.75, 3.05) is 0 Å². The third-order valence-corrected chi connectivity index (χ3v) is 2.84. The Bertz CT molecular complexity index is 154. The SMILES string of the molecule is CCC=C(C)C(O)C1CCCC1. The molecule has 12 heavy (non-hydrogen) atoms. The van der Waals surface area contributed by atoms with Crippen LogP contribution in [0.4, 0.5) is 0 Å². The Kier molecular flexibility index (Phi) is 3.80. The predicted octanol–water partition coefficient (Wildman–Crippen LogP) is 2.89. The highest BCUT2D eigenvalue weighted by Crippen LogP contribution is 2.30. The third kappa shape index (κ3) is 2.34. The van der Waals surface area contributed by atoms with Crippen molar-refractivity contribution < 1.29 is 5.11 Å². The van der Waals surface area contributed by atoms with Gasteiger partial charge in [-0.2, -0.15) is 0 Å². The fraction of sp³-hybridized carbons (Fsp3) is 0.818. The van der Waals surface area contributed by atoms with Crippen LogP contribution in [0, 0.1) is 5.92 Å². The van der Waals surface area contributed by atoms with Crippen molar-refractivity contribution in [1.82, 2.24) is 0 Å². The summed E-state index contributed by atoms with van der Waals surface area (Å²) in [6.45, 7) is 4.16. The summed E-state index contributed by atoms with van der Waals surface area (Å²) < 4.78 is 0. The lowest BCUT2D eigenvalue weighted by Gasteiger charge is -2.18. The zero-order valence-electron chi connectivity index (χ0n) is 8.21. The van der Waals surface area contributed by atoms with Crippen LogP contribution in [0.2, 0.25) is 0 Å². The monoisotopic (exact) mass is 168 g/mol. The van der Waals surface area contributed by atoms with Gasteiger partial charge in [0.15, 0.2) is 0 Å². The third-order valence-electron chi connectivity index (χ3n) is 2.84. The fourth-order valence-electron chi connectivity index (χ4n) is 2.09. The van der Waals surface area contributed by atoms with E-state index in [9.17, 15) is 5.11 Å². The molecule has 0 spiro atoms. The van der Waals surface area contributed by atoms with E-state index in [4.69, 9.17) is 0 Å². The maximum absolute atomic E-state index is 9.88. The molecule has 1 heteroatoms. The largest absolute Gasteiger partial charge is 0.388 e. The molecule has 1 aliphatic carbocycles. The van der Waals surface area contributed by atoms with E-state index in [0.29, 0.717) is 5.92 Å². The standard InChI is InChI=1S/C11H20O/c1-3-6-9(2)11(12)10-7-4-5-8-10/h6,10-12H,3-5,7-8H2,1-2H3. The number of allylic oxidation sites excluding steroid dienone is 1. The van der Waals surface area contributed by atoms with E-state index >= 15 is 0 Å². The van der Waals surface area contributed by atoms with E-state index in [1.54, 1.807) is 0 Å². The molecule has 1 saturated carbocycles. The van der Waals surface area contributed by atoms with Gasteiger partial charge in [-0.15, -0.1) is 0 Å². The summed E-state index contributed by atoms with van der Waals surface area (Å²) in [5, 5.41) is 9.88. The van der Waals surface area contributed by atoms with Crippen LogP contribution in [-0.4, -0.2) is 11.2 Å². The molecule has 1 fully saturated rings. The van der Waals surface area contributed by atoms with Gasteiger partial charge in [0.05, 0.1) is 6.10 Å². The molecule has 0 aliphatic heterocycles. The minimum absolute atomic E-state index is 0.160. The summed E-state index contributed by atoms with van der Waals surface area (Å²) in [4.78, 5) is 0. The first kappa shape index (κ1) is 9.79. The Morgan fingerprint density at radius 3 is 2.58 bits per heavy atom. The quantitative estimate of drug-likeness (QED) is 0.642. The molecule has 0 aromatic carbocycles. The Balaban J connectivity index is 2.44. The lowest BCUT2D eigenvalue weighted by molar-refractivity contribution is 0.144.